The molecule has 2 aromatic carbocycles. The normalized spacial score (nSPS) is 11.0. The van der Waals surface area contributed by atoms with E-state index in [0.29, 0.717) is 15.6 Å². The van der Waals surface area contributed by atoms with Gasteiger partial charge in [-0.3, -0.25) is 4.79 Å². The van der Waals surface area contributed by atoms with Crippen molar-refractivity contribution in [2.24, 2.45) is 0 Å². The van der Waals surface area contributed by atoms with Gasteiger partial charge in [0.2, 0.25) is 5.91 Å². The van der Waals surface area contributed by atoms with E-state index in [1.807, 2.05) is 0 Å². The van der Waals surface area contributed by atoms with E-state index in [1.165, 1.54) is 37.5 Å². The van der Waals surface area contributed by atoms with Crippen LogP contribution in [0.2, 0.25) is 10.0 Å². The van der Waals surface area contributed by atoms with Crippen LogP contribution in [-0.2, 0) is 11.3 Å². The predicted molar refractivity (Wildman–Crippen MR) is 97.0 cm³/mol. The molecule has 1 amide bonds. The van der Waals surface area contributed by atoms with Crippen LogP contribution in [-0.4, -0.2) is 19.6 Å². The fourth-order valence-electron chi connectivity index (χ4n) is 2.06. The van der Waals surface area contributed by atoms with E-state index >= 15 is 0 Å². The molecule has 8 heteroatoms. The van der Waals surface area contributed by atoms with Crippen molar-refractivity contribution in [3.8, 4) is 11.5 Å². The lowest BCUT2D eigenvalue weighted by Crippen LogP contribution is -2.20. The van der Waals surface area contributed by atoms with E-state index in [9.17, 15) is 13.6 Å². The molecule has 0 bridgehead atoms. The highest BCUT2D eigenvalue weighted by Gasteiger charge is 2.10. The molecular weight excluding hydrogens is 387 g/mol. The Kier molecular flexibility index (Phi) is 7.24. The number of benzene rings is 2. The Morgan fingerprint density at radius 1 is 1.19 bits per heavy atom. The van der Waals surface area contributed by atoms with E-state index in [-0.39, 0.29) is 24.0 Å². The first kappa shape index (κ1) is 20.0. The highest BCUT2D eigenvalue weighted by Crippen LogP contribution is 2.29. The van der Waals surface area contributed by atoms with Crippen molar-refractivity contribution in [2.45, 2.75) is 13.2 Å². The summed E-state index contributed by atoms with van der Waals surface area (Å²) in [6, 6.07) is 9.35. The first-order chi connectivity index (χ1) is 12.4. The number of carbonyl (C=O) groups excluding carboxylic acids is 1. The first-order valence-electron chi connectivity index (χ1n) is 7.41. The Hall–Kier alpha value is -2.31. The number of nitrogens with one attached hydrogen (secondary N) is 1. The molecule has 0 saturated heterocycles. The summed E-state index contributed by atoms with van der Waals surface area (Å²) in [4.78, 5) is 11.9. The minimum Gasteiger partial charge on any atom is -0.493 e. The maximum absolute atomic E-state index is 12.3. The number of rotatable bonds is 7. The number of halogens is 4. The van der Waals surface area contributed by atoms with Crippen molar-refractivity contribution in [1.82, 2.24) is 5.32 Å². The number of hydrogen-bond donors (Lipinski definition) is 1. The molecule has 0 atom stereocenters. The van der Waals surface area contributed by atoms with Crippen molar-refractivity contribution in [3.05, 3.63) is 63.6 Å². The molecule has 0 saturated carbocycles. The molecule has 0 radical (unpaired) electrons. The van der Waals surface area contributed by atoms with Crippen molar-refractivity contribution >= 4 is 35.2 Å². The summed E-state index contributed by atoms with van der Waals surface area (Å²) < 4.78 is 34.0. The summed E-state index contributed by atoms with van der Waals surface area (Å²) >= 11 is 11.9. The summed E-state index contributed by atoms with van der Waals surface area (Å²) in [6.07, 6.45) is 2.83. The smallest absolute Gasteiger partial charge is 0.387 e. The van der Waals surface area contributed by atoms with E-state index in [0.717, 1.165) is 5.56 Å². The lowest BCUT2D eigenvalue weighted by Gasteiger charge is -2.10. The van der Waals surface area contributed by atoms with Gasteiger partial charge in [0.1, 0.15) is 0 Å². The van der Waals surface area contributed by atoms with E-state index in [1.54, 1.807) is 18.2 Å². The fraction of sp³-hybridized carbons (Fsp3) is 0.167. The molecule has 2 rings (SSSR count). The van der Waals surface area contributed by atoms with Gasteiger partial charge in [-0.1, -0.05) is 35.3 Å². The molecule has 138 valence electrons. The SMILES string of the molecule is COc1cc(C=CC(=O)NCc2ccc(Cl)cc2Cl)ccc1OC(F)F. The maximum Gasteiger partial charge on any atom is 0.387 e. The summed E-state index contributed by atoms with van der Waals surface area (Å²) in [5.74, 6) is -0.287. The number of methoxy groups -OCH3 is 1. The number of hydrogen-bond acceptors (Lipinski definition) is 3. The van der Waals surface area contributed by atoms with Crippen LogP contribution < -0.4 is 14.8 Å². The molecule has 0 aliphatic heterocycles. The zero-order chi connectivity index (χ0) is 19.1. The highest BCUT2D eigenvalue weighted by atomic mass is 35.5. The summed E-state index contributed by atoms with van der Waals surface area (Å²) in [5.41, 5.74) is 1.32. The maximum atomic E-state index is 12.3. The molecule has 0 aromatic heterocycles. The molecule has 4 nitrogen and oxygen atoms in total. The fourth-order valence-corrected chi connectivity index (χ4v) is 2.53. The topological polar surface area (TPSA) is 47.6 Å². The predicted octanol–water partition coefficient (Wildman–Crippen LogP) is 4.93. The van der Waals surface area contributed by atoms with Gasteiger partial charge in [-0.15, -0.1) is 0 Å². The third-order valence-electron chi connectivity index (χ3n) is 3.30. The Bertz CT molecular complexity index is 813. The van der Waals surface area contributed by atoms with E-state index in [4.69, 9.17) is 27.9 Å². The molecule has 0 heterocycles. The van der Waals surface area contributed by atoms with Crippen molar-refractivity contribution in [2.75, 3.05) is 7.11 Å². The first-order valence-corrected chi connectivity index (χ1v) is 8.17. The van der Waals surface area contributed by atoms with Gasteiger partial charge in [0.15, 0.2) is 11.5 Å². The Morgan fingerprint density at radius 2 is 1.96 bits per heavy atom. The van der Waals surface area contributed by atoms with Crippen LogP contribution in [0.25, 0.3) is 6.08 Å². The van der Waals surface area contributed by atoms with Crippen LogP contribution in [0.5, 0.6) is 11.5 Å². The monoisotopic (exact) mass is 401 g/mol. The van der Waals surface area contributed by atoms with Gasteiger partial charge in [0.25, 0.3) is 0 Å². The van der Waals surface area contributed by atoms with Crippen molar-refractivity contribution < 1.29 is 23.0 Å². The van der Waals surface area contributed by atoms with Gasteiger partial charge in [0, 0.05) is 22.7 Å². The quantitative estimate of drug-likeness (QED) is 0.668. The minimum absolute atomic E-state index is 0.0820. The third kappa shape index (κ3) is 5.89. The van der Waals surface area contributed by atoms with Gasteiger partial charge in [0.05, 0.1) is 7.11 Å². The van der Waals surface area contributed by atoms with E-state index in [2.05, 4.69) is 10.1 Å². The Labute approximate surface area is 159 Å². The van der Waals surface area contributed by atoms with Crippen LogP contribution in [0, 0.1) is 0 Å². The van der Waals surface area contributed by atoms with Crippen LogP contribution >= 0.6 is 23.2 Å². The van der Waals surface area contributed by atoms with Gasteiger partial charge >= 0.3 is 6.61 Å². The van der Waals surface area contributed by atoms with Crippen LogP contribution in [0.1, 0.15) is 11.1 Å². The molecule has 26 heavy (non-hydrogen) atoms. The lowest BCUT2D eigenvalue weighted by molar-refractivity contribution is -0.116. The average Bonchev–Trinajstić information content (AvgIpc) is 2.59. The summed E-state index contributed by atoms with van der Waals surface area (Å²) in [6.45, 7) is -2.71. The molecule has 0 aliphatic carbocycles. The van der Waals surface area contributed by atoms with Gasteiger partial charge in [-0.25, -0.2) is 0 Å². The van der Waals surface area contributed by atoms with Gasteiger partial charge in [-0.2, -0.15) is 8.78 Å². The van der Waals surface area contributed by atoms with Crippen LogP contribution in [0.15, 0.2) is 42.5 Å². The highest BCUT2D eigenvalue weighted by molar-refractivity contribution is 6.35. The van der Waals surface area contributed by atoms with Crippen LogP contribution in [0.4, 0.5) is 8.78 Å². The third-order valence-corrected chi connectivity index (χ3v) is 3.89. The minimum atomic E-state index is -2.95. The Balaban J connectivity index is 1.98. The second-order valence-corrected chi connectivity index (χ2v) is 5.92. The molecule has 1 N–H and O–H groups in total. The lowest BCUT2D eigenvalue weighted by atomic mass is 10.2. The molecule has 0 spiro atoms. The zero-order valence-electron chi connectivity index (χ0n) is 13.6. The van der Waals surface area contributed by atoms with Gasteiger partial charge < -0.3 is 14.8 Å². The summed E-state index contributed by atoms with van der Waals surface area (Å²) in [7, 11) is 1.34. The molecular formula is C18H15Cl2F2NO3. The molecule has 0 unspecified atom stereocenters. The Morgan fingerprint density at radius 3 is 2.62 bits per heavy atom. The molecule has 0 aliphatic rings. The van der Waals surface area contributed by atoms with Crippen LogP contribution in [0.3, 0.4) is 0 Å². The second kappa shape index (κ2) is 9.40. The molecule has 2 aromatic rings. The van der Waals surface area contributed by atoms with Crippen molar-refractivity contribution in [3.63, 3.8) is 0 Å². The standard InChI is InChI=1S/C18H15Cl2F2NO3/c1-25-16-8-11(2-6-15(16)26-18(21)22)3-7-17(24)23-10-12-4-5-13(19)9-14(12)20/h2-9,18H,10H2,1H3,(H,23,24). The average molecular weight is 402 g/mol. The zero-order valence-corrected chi connectivity index (χ0v) is 15.2. The van der Waals surface area contributed by atoms with Crippen molar-refractivity contribution in [1.29, 1.82) is 0 Å². The van der Waals surface area contributed by atoms with E-state index < -0.39 is 6.61 Å². The number of amides is 1. The number of carbonyl (C=O) groups is 1. The molecule has 0 fully saturated rings. The largest absolute Gasteiger partial charge is 0.493 e. The number of alkyl halides is 2. The second-order valence-electron chi connectivity index (χ2n) is 5.08. The van der Waals surface area contributed by atoms with Gasteiger partial charge in [-0.05, 0) is 41.5 Å². The number of ether oxygens (including phenoxy) is 2. The summed E-state index contributed by atoms with van der Waals surface area (Å²) in [5, 5.41) is 3.66.